The van der Waals surface area contributed by atoms with Gasteiger partial charge >= 0.3 is 0 Å². The van der Waals surface area contributed by atoms with Gasteiger partial charge in [0.25, 0.3) is 0 Å². The number of hydrogen-bond acceptors (Lipinski definition) is 3. The smallest absolute Gasteiger partial charge is 0.170 e. The zero-order valence-corrected chi connectivity index (χ0v) is 17.6. The number of benzene rings is 1. The van der Waals surface area contributed by atoms with Crippen LogP contribution in [-0.4, -0.2) is 37.8 Å². The first-order valence-electron chi connectivity index (χ1n) is 9.21. The third-order valence-corrected chi connectivity index (χ3v) is 5.82. The Morgan fingerprint density at radius 3 is 2.64 bits per heavy atom. The number of aliphatic hydroxyl groups is 1. The van der Waals surface area contributed by atoms with Crippen LogP contribution in [0.15, 0.2) is 71.5 Å². The van der Waals surface area contributed by atoms with Gasteiger partial charge in [0.2, 0.25) is 0 Å². The molecule has 2 aromatic heterocycles. The molecule has 1 aliphatic rings. The summed E-state index contributed by atoms with van der Waals surface area (Å²) < 4.78 is 3.24. The van der Waals surface area contributed by atoms with Gasteiger partial charge in [0.05, 0.1) is 17.8 Å². The van der Waals surface area contributed by atoms with Gasteiger partial charge in [-0.2, -0.15) is 0 Å². The van der Waals surface area contributed by atoms with Crippen LogP contribution in [0.1, 0.15) is 29.9 Å². The largest absolute Gasteiger partial charge is 0.396 e. The molecule has 0 saturated carbocycles. The second kappa shape index (κ2) is 8.43. The van der Waals surface area contributed by atoms with Crippen molar-refractivity contribution in [2.24, 2.45) is 0 Å². The van der Waals surface area contributed by atoms with Crippen molar-refractivity contribution in [3.8, 4) is 5.69 Å². The SMILES string of the molecule is OCCCN1C(=S)N[C@@H](c2ccccn2)[C@H]1c1cccn1-c1ccc(Br)cc1. The van der Waals surface area contributed by atoms with E-state index in [1.807, 2.05) is 30.3 Å². The van der Waals surface area contributed by atoms with Crippen molar-refractivity contribution in [1.82, 2.24) is 19.8 Å². The van der Waals surface area contributed by atoms with Crippen LogP contribution in [0, 0.1) is 0 Å². The molecule has 0 unspecified atom stereocenters. The molecule has 1 saturated heterocycles. The molecule has 7 heteroatoms. The van der Waals surface area contributed by atoms with E-state index < -0.39 is 0 Å². The van der Waals surface area contributed by atoms with Crippen molar-refractivity contribution in [2.75, 3.05) is 13.2 Å². The fraction of sp³-hybridized carbons (Fsp3) is 0.238. The summed E-state index contributed by atoms with van der Waals surface area (Å²) in [6, 6.07) is 18.3. The summed E-state index contributed by atoms with van der Waals surface area (Å²) in [5, 5.41) is 13.5. The fourth-order valence-electron chi connectivity index (χ4n) is 3.68. The molecule has 28 heavy (non-hydrogen) atoms. The molecule has 1 aromatic carbocycles. The van der Waals surface area contributed by atoms with Crippen LogP contribution in [0.25, 0.3) is 5.69 Å². The Labute approximate surface area is 178 Å². The maximum atomic E-state index is 9.36. The average molecular weight is 457 g/mol. The van der Waals surface area contributed by atoms with Crippen LogP contribution in [-0.2, 0) is 0 Å². The van der Waals surface area contributed by atoms with Crippen molar-refractivity contribution in [3.63, 3.8) is 0 Å². The molecule has 1 fully saturated rings. The number of halogens is 1. The Kier molecular flexibility index (Phi) is 5.75. The lowest BCUT2D eigenvalue weighted by Crippen LogP contribution is -2.31. The summed E-state index contributed by atoms with van der Waals surface area (Å²) in [6.07, 6.45) is 4.53. The van der Waals surface area contributed by atoms with E-state index in [1.165, 1.54) is 0 Å². The third-order valence-electron chi connectivity index (χ3n) is 4.94. The van der Waals surface area contributed by atoms with Crippen LogP contribution >= 0.6 is 28.1 Å². The van der Waals surface area contributed by atoms with E-state index in [4.69, 9.17) is 12.2 Å². The van der Waals surface area contributed by atoms with E-state index in [-0.39, 0.29) is 18.7 Å². The zero-order chi connectivity index (χ0) is 19.5. The minimum Gasteiger partial charge on any atom is -0.396 e. The number of pyridine rings is 1. The lowest BCUT2D eigenvalue weighted by atomic mass is 10.0. The molecule has 0 spiro atoms. The Hall–Kier alpha value is -2.22. The van der Waals surface area contributed by atoms with E-state index in [2.05, 4.69) is 66.2 Å². The average Bonchev–Trinajstić information content (AvgIpc) is 3.32. The molecule has 3 heterocycles. The minimum absolute atomic E-state index is 0.0207. The molecule has 0 radical (unpaired) electrons. The third kappa shape index (κ3) is 3.70. The maximum absolute atomic E-state index is 9.36. The van der Waals surface area contributed by atoms with Gasteiger partial charge in [-0.05, 0) is 67.2 Å². The summed E-state index contributed by atoms with van der Waals surface area (Å²) in [5.41, 5.74) is 3.16. The van der Waals surface area contributed by atoms with Gasteiger partial charge in [-0.1, -0.05) is 22.0 Å². The molecule has 4 rings (SSSR count). The first-order chi connectivity index (χ1) is 13.7. The first-order valence-corrected chi connectivity index (χ1v) is 10.4. The van der Waals surface area contributed by atoms with Crippen LogP contribution in [0.5, 0.6) is 0 Å². The number of aromatic nitrogens is 2. The lowest BCUT2D eigenvalue weighted by Gasteiger charge is -2.28. The van der Waals surface area contributed by atoms with Crippen LogP contribution in [0.3, 0.4) is 0 Å². The van der Waals surface area contributed by atoms with Crippen molar-refractivity contribution in [2.45, 2.75) is 18.5 Å². The van der Waals surface area contributed by atoms with Gasteiger partial charge in [0.1, 0.15) is 0 Å². The number of aliphatic hydroxyl groups excluding tert-OH is 1. The van der Waals surface area contributed by atoms with Crippen molar-refractivity contribution < 1.29 is 5.11 Å². The predicted molar refractivity (Wildman–Crippen MR) is 117 cm³/mol. The van der Waals surface area contributed by atoms with Gasteiger partial charge in [-0.15, -0.1) is 0 Å². The van der Waals surface area contributed by atoms with Gasteiger partial charge in [0.15, 0.2) is 5.11 Å². The second-order valence-electron chi connectivity index (χ2n) is 6.68. The molecule has 5 nitrogen and oxygen atoms in total. The van der Waals surface area contributed by atoms with Gasteiger partial charge in [-0.25, -0.2) is 0 Å². The normalized spacial score (nSPS) is 19.1. The second-order valence-corrected chi connectivity index (χ2v) is 7.98. The summed E-state index contributed by atoms with van der Waals surface area (Å²) >= 11 is 9.15. The molecular formula is C21H21BrN4OS. The van der Waals surface area contributed by atoms with E-state index in [0.717, 1.165) is 21.5 Å². The summed E-state index contributed by atoms with van der Waals surface area (Å²) in [7, 11) is 0. The van der Waals surface area contributed by atoms with Gasteiger partial charge in [-0.3, -0.25) is 4.98 Å². The molecule has 2 N–H and O–H groups in total. The maximum Gasteiger partial charge on any atom is 0.170 e. The Morgan fingerprint density at radius 2 is 1.93 bits per heavy atom. The first kappa shape index (κ1) is 19.1. The summed E-state index contributed by atoms with van der Waals surface area (Å²) in [4.78, 5) is 6.73. The predicted octanol–water partition coefficient (Wildman–Crippen LogP) is 3.99. The lowest BCUT2D eigenvalue weighted by molar-refractivity contribution is 0.245. The molecule has 3 aromatic rings. The quantitative estimate of drug-likeness (QED) is 0.549. The van der Waals surface area contributed by atoms with Crippen LogP contribution in [0.4, 0.5) is 0 Å². The Bertz CT molecular complexity index is 945. The zero-order valence-electron chi connectivity index (χ0n) is 15.2. The van der Waals surface area contributed by atoms with Gasteiger partial charge in [0, 0.05) is 41.4 Å². The molecule has 0 bridgehead atoms. The van der Waals surface area contributed by atoms with Crippen LogP contribution < -0.4 is 5.32 Å². The standard InChI is InChI=1S/C21H21BrN4OS/c22-15-7-9-16(10-8-15)25-12-3-6-18(25)20-19(17-5-1-2-11-23-17)24-21(28)26(20)13-4-14-27/h1-3,5-12,19-20,27H,4,13-14H2,(H,24,28)/t19-,20+/m0/s1. The van der Waals surface area contributed by atoms with Crippen molar-refractivity contribution >= 4 is 33.3 Å². The number of rotatable bonds is 6. The number of thiocarbonyl (C=S) groups is 1. The Morgan fingerprint density at radius 1 is 1.11 bits per heavy atom. The van der Waals surface area contributed by atoms with E-state index in [1.54, 1.807) is 6.20 Å². The van der Waals surface area contributed by atoms with Crippen molar-refractivity contribution in [1.29, 1.82) is 0 Å². The molecular weight excluding hydrogens is 436 g/mol. The minimum atomic E-state index is -0.0588. The highest BCUT2D eigenvalue weighted by atomic mass is 79.9. The molecule has 2 atom stereocenters. The molecule has 0 aliphatic carbocycles. The summed E-state index contributed by atoms with van der Waals surface area (Å²) in [5.74, 6) is 0. The number of hydrogen-bond donors (Lipinski definition) is 2. The van der Waals surface area contributed by atoms with E-state index in [0.29, 0.717) is 18.1 Å². The molecule has 0 amide bonds. The monoisotopic (exact) mass is 456 g/mol. The van der Waals surface area contributed by atoms with E-state index >= 15 is 0 Å². The van der Waals surface area contributed by atoms with Crippen LogP contribution in [0.2, 0.25) is 0 Å². The highest BCUT2D eigenvalue weighted by Crippen LogP contribution is 2.39. The summed E-state index contributed by atoms with van der Waals surface area (Å²) in [6.45, 7) is 0.815. The molecule has 1 aliphatic heterocycles. The van der Waals surface area contributed by atoms with Gasteiger partial charge < -0.3 is 19.9 Å². The topological polar surface area (TPSA) is 53.3 Å². The molecule has 144 valence electrons. The fourth-order valence-corrected chi connectivity index (χ4v) is 4.28. The highest BCUT2D eigenvalue weighted by molar-refractivity contribution is 9.10. The Balaban J connectivity index is 1.78. The highest BCUT2D eigenvalue weighted by Gasteiger charge is 2.40. The number of nitrogens with zero attached hydrogens (tertiary/aromatic N) is 3. The van der Waals surface area contributed by atoms with Crippen molar-refractivity contribution in [3.05, 3.63) is 82.9 Å². The van der Waals surface area contributed by atoms with E-state index in [9.17, 15) is 5.11 Å². The number of nitrogens with one attached hydrogen (secondary N) is 1.